The summed E-state index contributed by atoms with van der Waals surface area (Å²) in [6.45, 7) is 11.6. The van der Waals surface area contributed by atoms with Gasteiger partial charge >= 0.3 is 0 Å². The lowest BCUT2D eigenvalue weighted by Crippen LogP contribution is -2.28. The predicted molar refractivity (Wildman–Crippen MR) is 78.1 cm³/mol. The molecule has 0 heterocycles. The molecular formula is C16H27NO. The molecule has 1 atom stereocenters. The second-order valence-corrected chi connectivity index (χ2v) is 6.32. The standard InChI is InChI=1S/C16H27NO/c1-12(2)15(17)10-11-18-14-8-6-13(7-9-14)16(3,4)5/h6-9,12,15H,10-11,17H2,1-5H3. The minimum atomic E-state index is 0.193. The van der Waals surface area contributed by atoms with E-state index in [9.17, 15) is 0 Å². The van der Waals surface area contributed by atoms with Gasteiger partial charge in [0.1, 0.15) is 5.75 Å². The van der Waals surface area contributed by atoms with E-state index in [4.69, 9.17) is 10.5 Å². The van der Waals surface area contributed by atoms with Crippen molar-refractivity contribution < 1.29 is 4.74 Å². The van der Waals surface area contributed by atoms with Gasteiger partial charge in [-0.15, -0.1) is 0 Å². The number of rotatable bonds is 5. The Morgan fingerprint density at radius 2 is 1.67 bits per heavy atom. The molecule has 0 spiro atoms. The molecule has 0 saturated carbocycles. The van der Waals surface area contributed by atoms with Crippen molar-refractivity contribution in [2.75, 3.05) is 6.61 Å². The van der Waals surface area contributed by atoms with Gasteiger partial charge in [-0.1, -0.05) is 46.8 Å². The quantitative estimate of drug-likeness (QED) is 0.863. The molecule has 0 saturated heterocycles. The van der Waals surface area contributed by atoms with E-state index >= 15 is 0 Å². The summed E-state index contributed by atoms with van der Waals surface area (Å²) >= 11 is 0. The van der Waals surface area contributed by atoms with Crippen molar-refractivity contribution in [2.24, 2.45) is 11.7 Å². The third-order valence-corrected chi connectivity index (χ3v) is 3.30. The highest BCUT2D eigenvalue weighted by molar-refractivity contribution is 5.31. The lowest BCUT2D eigenvalue weighted by atomic mass is 9.87. The van der Waals surface area contributed by atoms with E-state index in [-0.39, 0.29) is 11.5 Å². The fourth-order valence-electron chi connectivity index (χ4n) is 1.70. The van der Waals surface area contributed by atoms with Gasteiger partial charge in [0, 0.05) is 6.04 Å². The highest BCUT2D eigenvalue weighted by Gasteiger charge is 2.13. The first kappa shape index (κ1) is 15.0. The topological polar surface area (TPSA) is 35.2 Å². The summed E-state index contributed by atoms with van der Waals surface area (Å²) in [4.78, 5) is 0. The molecule has 2 N–H and O–H groups in total. The van der Waals surface area contributed by atoms with E-state index in [1.54, 1.807) is 0 Å². The molecule has 18 heavy (non-hydrogen) atoms. The molecule has 0 aromatic heterocycles. The molecule has 102 valence electrons. The van der Waals surface area contributed by atoms with Crippen molar-refractivity contribution in [2.45, 2.75) is 52.5 Å². The Labute approximate surface area is 112 Å². The smallest absolute Gasteiger partial charge is 0.119 e. The first-order chi connectivity index (χ1) is 8.30. The predicted octanol–water partition coefficient (Wildman–Crippen LogP) is 3.74. The summed E-state index contributed by atoms with van der Waals surface area (Å²) in [5, 5.41) is 0. The van der Waals surface area contributed by atoms with Crippen LogP contribution in [-0.2, 0) is 5.41 Å². The molecule has 0 amide bonds. The van der Waals surface area contributed by atoms with Crippen molar-refractivity contribution >= 4 is 0 Å². The lowest BCUT2D eigenvalue weighted by Gasteiger charge is -2.19. The Morgan fingerprint density at radius 1 is 1.11 bits per heavy atom. The number of ether oxygens (including phenoxy) is 1. The summed E-state index contributed by atoms with van der Waals surface area (Å²) in [5.74, 6) is 1.44. The molecule has 0 aliphatic heterocycles. The number of hydrogen-bond donors (Lipinski definition) is 1. The van der Waals surface area contributed by atoms with E-state index in [0.717, 1.165) is 12.2 Å². The molecule has 0 radical (unpaired) electrons. The summed E-state index contributed by atoms with van der Waals surface area (Å²) in [5.41, 5.74) is 7.50. The Hall–Kier alpha value is -1.02. The average molecular weight is 249 g/mol. The van der Waals surface area contributed by atoms with E-state index in [1.165, 1.54) is 5.56 Å². The molecule has 2 nitrogen and oxygen atoms in total. The van der Waals surface area contributed by atoms with E-state index in [1.807, 2.05) is 12.1 Å². The number of nitrogens with two attached hydrogens (primary N) is 1. The van der Waals surface area contributed by atoms with Gasteiger partial charge in [-0.2, -0.15) is 0 Å². The van der Waals surface area contributed by atoms with Crippen LogP contribution in [0.1, 0.15) is 46.6 Å². The first-order valence-corrected chi connectivity index (χ1v) is 6.79. The van der Waals surface area contributed by atoms with Crippen LogP contribution in [0.2, 0.25) is 0 Å². The van der Waals surface area contributed by atoms with Crippen LogP contribution >= 0.6 is 0 Å². The number of benzene rings is 1. The fourth-order valence-corrected chi connectivity index (χ4v) is 1.70. The molecular weight excluding hydrogens is 222 g/mol. The second-order valence-electron chi connectivity index (χ2n) is 6.32. The van der Waals surface area contributed by atoms with Crippen LogP contribution in [-0.4, -0.2) is 12.6 Å². The zero-order valence-electron chi connectivity index (χ0n) is 12.4. The van der Waals surface area contributed by atoms with E-state index < -0.39 is 0 Å². The molecule has 0 fully saturated rings. The largest absolute Gasteiger partial charge is 0.494 e. The van der Waals surface area contributed by atoms with Crippen LogP contribution in [0.3, 0.4) is 0 Å². The van der Waals surface area contributed by atoms with Crippen molar-refractivity contribution in [3.05, 3.63) is 29.8 Å². The van der Waals surface area contributed by atoms with Gasteiger partial charge in [-0.3, -0.25) is 0 Å². The van der Waals surface area contributed by atoms with Crippen molar-refractivity contribution in [3.8, 4) is 5.75 Å². The summed E-state index contributed by atoms with van der Waals surface area (Å²) in [7, 11) is 0. The Balaban J connectivity index is 2.45. The SMILES string of the molecule is CC(C)C(N)CCOc1ccc(C(C)(C)C)cc1. The van der Waals surface area contributed by atoms with E-state index in [2.05, 4.69) is 46.8 Å². The zero-order valence-corrected chi connectivity index (χ0v) is 12.4. The monoisotopic (exact) mass is 249 g/mol. The maximum absolute atomic E-state index is 5.98. The van der Waals surface area contributed by atoms with Crippen LogP contribution in [0.25, 0.3) is 0 Å². The van der Waals surface area contributed by atoms with Crippen molar-refractivity contribution in [3.63, 3.8) is 0 Å². The summed E-state index contributed by atoms with van der Waals surface area (Å²) < 4.78 is 5.71. The molecule has 0 aliphatic carbocycles. The molecule has 2 heteroatoms. The van der Waals surface area contributed by atoms with Gasteiger partial charge < -0.3 is 10.5 Å². The van der Waals surface area contributed by atoms with Gasteiger partial charge in [0.05, 0.1) is 6.61 Å². The number of hydrogen-bond acceptors (Lipinski definition) is 2. The molecule has 1 aromatic rings. The maximum Gasteiger partial charge on any atom is 0.119 e. The van der Waals surface area contributed by atoms with Gasteiger partial charge in [0.15, 0.2) is 0 Å². The highest BCUT2D eigenvalue weighted by Crippen LogP contribution is 2.24. The third kappa shape index (κ3) is 4.69. The zero-order chi connectivity index (χ0) is 13.8. The van der Waals surface area contributed by atoms with Crippen molar-refractivity contribution in [1.29, 1.82) is 0 Å². The molecule has 0 bridgehead atoms. The van der Waals surface area contributed by atoms with Crippen LogP contribution in [0.5, 0.6) is 5.75 Å². The highest BCUT2D eigenvalue weighted by atomic mass is 16.5. The second kappa shape index (κ2) is 6.24. The van der Waals surface area contributed by atoms with Gasteiger partial charge in [-0.25, -0.2) is 0 Å². The normalized spacial score (nSPS) is 13.7. The first-order valence-electron chi connectivity index (χ1n) is 6.79. The van der Waals surface area contributed by atoms with Gasteiger partial charge in [-0.05, 0) is 35.4 Å². The van der Waals surface area contributed by atoms with Crippen LogP contribution in [0.4, 0.5) is 0 Å². The Bertz CT molecular complexity index is 348. The van der Waals surface area contributed by atoms with Crippen molar-refractivity contribution in [1.82, 2.24) is 0 Å². The molecule has 0 aliphatic rings. The maximum atomic E-state index is 5.98. The average Bonchev–Trinajstić information content (AvgIpc) is 2.28. The Morgan fingerprint density at radius 3 is 2.11 bits per heavy atom. The summed E-state index contributed by atoms with van der Waals surface area (Å²) in [6.07, 6.45) is 0.901. The van der Waals surface area contributed by atoms with Crippen LogP contribution in [0.15, 0.2) is 24.3 Å². The minimum absolute atomic E-state index is 0.193. The van der Waals surface area contributed by atoms with Gasteiger partial charge in [0.2, 0.25) is 0 Å². The molecule has 1 aromatic carbocycles. The Kier molecular flexibility index (Phi) is 5.21. The molecule has 1 unspecified atom stereocenters. The third-order valence-electron chi connectivity index (χ3n) is 3.30. The minimum Gasteiger partial charge on any atom is -0.494 e. The van der Waals surface area contributed by atoms with Crippen LogP contribution in [0, 0.1) is 5.92 Å². The summed E-state index contributed by atoms with van der Waals surface area (Å²) in [6, 6.07) is 8.58. The van der Waals surface area contributed by atoms with E-state index in [0.29, 0.717) is 12.5 Å². The lowest BCUT2D eigenvalue weighted by molar-refractivity contribution is 0.282. The fraction of sp³-hybridized carbons (Fsp3) is 0.625. The van der Waals surface area contributed by atoms with Gasteiger partial charge in [0.25, 0.3) is 0 Å². The molecule has 1 rings (SSSR count). The van der Waals surface area contributed by atoms with Crippen LogP contribution < -0.4 is 10.5 Å².